The molecular weight excluding hydrogens is 160 g/mol. The number of hydrogen-bond acceptors (Lipinski definition) is 2. The van der Waals surface area contributed by atoms with E-state index in [4.69, 9.17) is 5.73 Å². The molecule has 13 heavy (non-hydrogen) atoms. The predicted molar refractivity (Wildman–Crippen MR) is 57.7 cm³/mol. The minimum absolute atomic E-state index is 0.204. The molecule has 1 saturated carbocycles. The van der Waals surface area contributed by atoms with Gasteiger partial charge in [0, 0.05) is 18.1 Å². The fraction of sp³-hybridized carbons (Fsp3) is 1.00. The highest BCUT2D eigenvalue weighted by molar-refractivity contribution is 4.97. The van der Waals surface area contributed by atoms with Crippen LogP contribution in [0.5, 0.6) is 0 Å². The van der Waals surface area contributed by atoms with Gasteiger partial charge in [-0.05, 0) is 32.2 Å². The van der Waals surface area contributed by atoms with Crippen LogP contribution in [0.4, 0.5) is 0 Å². The van der Waals surface area contributed by atoms with Crippen LogP contribution in [0.25, 0.3) is 0 Å². The molecule has 0 radical (unpaired) electrons. The maximum Gasteiger partial charge on any atom is 0.0329 e. The van der Waals surface area contributed by atoms with Crippen LogP contribution < -0.4 is 5.73 Å². The molecule has 2 heteroatoms. The average molecular weight is 184 g/mol. The summed E-state index contributed by atoms with van der Waals surface area (Å²) in [7, 11) is 0. The van der Waals surface area contributed by atoms with Crippen LogP contribution in [0.2, 0.25) is 0 Å². The Morgan fingerprint density at radius 3 is 2.23 bits per heavy atom. The van der Waals surface area contributed by atoms with E-state index in [1.54, 1.807) is 0 Å². The van der Waals surface area contributed by atoms with Crippen molar-refractivity contribution in [3.05, 3.63) is 0 Å². The maximum absolute atomic E-state index is 5.91. The van der Waals surface area contributed by atoms with E-state index in [0.29, 0.717) is 5.92 Å². The molecule has 0 aromatic rings. The molecule has 0 aromatic carbocycles. The fourth-order valence-electron chi connectivity index (χ4n) is 2.11. The van der Waals surface area contributed by atoms with E-state index in [0.717, 1.165) is 19.1 Å². The summed E-state index contributed by atoms with van der Waals surface area (Å²) in [6.07, 6.45) is 2.74. The quantitative estimate of drug-likeness (QED) is 0.706. The second-order valence-electron chi connectivity index (χ2n) is 4.73. The Morgan fingerprint density at radius 2 is 2.00 bits per heavy atom. The van der Waals surface area contributed by atoms with Gasteiger partial charge >= 0.3 is 0 Å². The van der Waals surface area contributed by atoms with Crippen molar-refractivity contribution in [3.8, 4) is 0 Å². The summed E-state index contributed by atoms with van der Waals surface area (Å²) in [5.41, 5.74) is 6.11. The van der Waals surface area contributed by atoms with Crippen molar-refractivity contribution >= 4 is 0 Å². The Bertz CT molecular complexity index is 163. The molecule has 2 nitrogen and oxygen atoms in total. The first-order valence-corrected chi connectivity index (χ1v) is 5.53. The van der Waals surface area contributed by atoms with Crippen molar-refractivity contribution in [2.24, 2.45) is 11.7 Å². The summed E-state index contributed by atoms with van der Waals surface area (Å²) in [5, 5.41) is 0. The minimum Gasteiger partial charge on any atom is -0.329 e. The van der Waals surface area contributed by atoms with Gasteiger partial charge in [0.2, 0.25) is 0 Å². The van der Waals surface area contributed by atoms with Crippen molar-refractivity contribution < 1.29 is 0 Å². The van der Waals surface area contributed by atoms with Crippen LogP contribution in [-0.2, 0) is 0 Å². The molecule has 2 N–H and O–H groups in total. The van der Waals surface area contributed by atoms with Gasteiger partial charge in [0.05, 0.1) is 0 Å². The first kappa shape index (κ1) is 11.0. The molecule has 1 rings (SSSR count). The molecule has 0 spiro atoms. The zero-order chi connectivity index (χ0) is 10.1. The lowest BCUT2D eigenvalue weighted by atomic mass is 9.86. The van der Waals surface area contributed by atoms with E-state index in [1.165, 1.54) is 12.8 Å². The second kappa shape index (κ2) is 3.97. The average Bonchev–Trinajstić information content (AvgIpc) is 2.89. The number of likely N-dealkylation sites (N-methyl/N-ethyl adjacent to an activating group) is 1. The first-order chi connectivity index (χ1) is 6.06. The molecule has 0 heterocycles. The highest BCUT2D eigenvalue weighted by Crippen LogP contribution is 2.35. The van der Waals surface area contributed by atoms with Crippen molar-refractivity contribution in [2.75, 3.05) is 13.1 Å². The molecule has 1 aliphatic carbocycles. The third-order valence-corrected chi connectivity index (χ3v) is 3.64. The Hall–Kier alpha value is -0.0800. The predicted octanol–water partition coefficient (Wildman–Crippen LogP) is 1.84. The molecule has 1 unspecified atom stereocenters. The third-order valence-electron chi connectivity index (χ3n) is 3.64. The van der Waals surface area contributed by atoms with Crippen LogP contribution in [0.15, 0.2) is 0 Å². The summed E-state index contributed by atoms with van der Waals surface area (Å²) < 4.78 is 0. The van der Waals surface area contributed by atoms with Gasteiger partial charge < -0.3 is 5.73 Å². The monoisotopic (exact) mass is 184 g/mol. The number of rotatable bonds is 5. The van der Waals surface area contributed by atoms with Crippen LogP contribution in [0.1, 0.15) is 40.5 Å². The van der Waals surface area contributed by atoms with E-state index >= 15 is 0 Å². The SMILES string of the molecule is CCN(C1CC1)C(C)(CN)C(C)C. The Labute approximate surface area is 82.5 Å². The van der Waals surface area contributed by atoms with Crippen LogP contribution >= 0.6 is 0 Å². The summed E-state index contributed by atoms with van der Waals surface area (Å²) in [5.74, 6) is 0.637. The van der Waals surface area contributed by atoms with E-state index < -0.39 is 0 Å². The molecule has 0 aromatic heterocycles. The second-order valence-corrected chi connectivity index (χ2v) is 4.73. The van der Waals surface area contributed by atoms with Gasteiger partial charge in [-0.1, -0.05) is 20.8 Å². The summed E-state index contributed by atoms with van der Waals surface area (Å²) >= 11 is 0. The molecule has 1 aliphatic rings. The van der Waals surface area contributed by atoms with Crippen molar-refractivity contribution in [1.82, 2.24) is 4.90 Å². The molecule has 0 bridgehead atoms. The largest absolute Gasteiger partial charge is 0.329 e. The van der Waals surface area contributed by atoms with Crippen LogP contribution in [-0.4, -0.2) is 29.6 Å². The van der Waals surface area contributed by atoms with Crippen molar-refractivity contribution in [2.45, 2.75) is 52.1 Å². The number of nitrogens with zero attached hydrogens (tertiary/aromatic N) is 1. The summed E-state index contributed by atoms with van der Waals surface area (Å²) in [6, 6.07) is 0.820. The summed E-state index contributed by atoms with van der Waals surface area (Å²) in [4.78, 5) is 2.59. The van der Waals surface area contributed by atoms with Crippen molar-refractivity contribution in [3.63, 3.8) is 0 Å². The van der Waals surface area contributed by atoms with E-state index in [9.17, 15) is 0 Å². The van der Waals surface area contributed by atoms with Gasteiger partial charge in [-0.2, -0.15) is 0 Å². The molecule has 1 atom stereocenters. The Balaban J connectivity index is 2.71. The fourth-order valence-corrected chi connectivity index (χ4v) is 2.11. The van der Waals surface area contributed by atoms with Gasteiger partial charge in [-0.15, -0.1) is 0 Å². The minimum atomic E-state index is 0.204. The highest BCUT2D eigenvalue weighted by atomic mass is 15.2. The lowest BCUT2D eigenvalue weighted by Gasteiger charge is -2.43. The molecule has 0 amide bonds. The van der Waals surface area contributed by atoms with Gasteiger partial charge in [0.15, 0.2) is 0 Å². The summed E-state index contributed by atoms with van der Waals surface area (Å²) in [6.45, 7) is 11.0. The third kappa shape index (κ3) is 2.05. The molecule has 0 saturated heterocycles. The molecule has 1 fully saturated rings. The molecular formula is C11H24N2. The van der Waals surface area contributed by atoms with Gasteiger partial charge in [0.25, 0.3) is 0 Å². The number of nitrogens with two attached hydrogens (primary N) is 1. The zero-order valence-corrected chi connectivity index (χ0v) is 9.51. The lowest BCUT2D eigenvalue weighted by molar-refractivity contribution is 0.0645. The standard InChI is InChI=1S/C11H24N2/c1-5-13(10-6-7-10)11(4,8-12)9(2)3/h9-10H,5-8,12H2,1-4H3. The van der Waals surface area contributed by atoms with E-state index in [2.05, 4.69) is 32.6 Å². The lowest BCUT2D eigenvalue weighted by Crippen LogP contribution is -2.56. The molecule has 0 aliphatic heterocycles. The van der Waals surface area contributed by atoms with Gasteiger partial charge in [-0.25, -0.2) is 0 Å². The van der Waals surface area contributed by atoms with Crippen LogP contribution in [0, 0.1) is 5.92 Å². The van der Waals surface area contributed by atoms with Crippen LogP contribution in [0.3, 0.4) is 0 Å². The molecule has 78 valence electrons. The van der Waals surface area contributed by atoms with Crippen molar-refractivity contribution in [1.29, 1.82) is 0 Å². The zero-order valence-electron chi connectivity index (χ0n) is 9.51. The van der Waals surface area contributed by atoms with Gasteiger partial charge in [-0.3, -0.25) is 4.90 Å². The maximum atomic E-state index is 5.91. The Morgan fingerprint density at radius 1 is 1.46 bits per heavy atom. The van der Waals surface area contributed by atoms with E-state index in [1.807, 2.05) is 0 Å². The Kier molecular flexibility index (Phi) is 3.36. The number of hydrogen-bond donors (Lipinski definition) is 1. The van der Waals surface area contributed by atoms with Gasteiger partial charge in [0.1, 0.15) is 0 Å². The highest BCUT2D eigenvalue weighted by Gasteiger charge is 2.41. The first-order valence-electron chi connectivity index (χ1n) is 5.53. The van der Waals surface area contributed by atoms with E-state index in [-0.39, 0.29) is 5.54 Å². The smallest absolute Gasteiger partial charge is 0.0329 e. The topological polar surface area (TPSA) is 29.3 Å². The normalized spacial score (nSPS) is 22.4.